The molecule has 0 saturated heterocycles. The molecule has 0 aliphatic rings. The quantitative estimate of drug-likeness (QED) is 0.799. The van der Waals surface area contributed by atoms with E-state index < -0.39 is 6.10 Å². The number of aromatic nitrogens is 2. The molecular weight excluding hydrogens is 176 g/mol. The monoisotopic (exact) mass is 194 g/mol. The van der Waals surface area contributed by atoms with Crippen LogP contribution in [-0.4, -0.2) is 15.1 Å². The van der Waals surface area contributed by atoms with E-state index in [2.05, 4.69) is 16.9 Å². The standard InChI is InChI=1S/C11H18N2O/c1-4-5-6-11-12-7-10(9(3)14)8(2)13-11/h7,9,14H,4-6H2,1-3H3/t9-/m1/s1. The van der Waals surface area contributed by atoms with Crippen LogP contribution in [0.1, 0.15) is 49.9 Å². The van der Waals surface area contributed by atoms with Gasteiger partial charge in [-0.05, 0) is 20.3 Å². The van der Waals surface area contributed by atoms with Gasteiger partial charge in [0.25, 0.3) is 0 Å². The number of hydrogen-bond acceptors (Lipinski definition) is 3. The van der Waals surface area contributed by atoms with Crippen molar-refractivity contribution < 1.29 is 5.11 Å². The molecule has 14 heavy (non-hydrogen) atoms. The van der Waals surface area contributed by atoms with Gasteiger partial charge in [0, 0.05) is 23.9 Å². The summed E-state index contributed by atoms with van der Waals surface area (Å²) >= 11 is 0. The van der Waals surface area contributed by atoms with Crippen molar-refractivity contribution in [3.8, 4) is 0 Å². The Balaban J connectivity index is 2.78. The molecule has 0 amide bonds. The maximum atomic E-state index is 9.39. The summed E-state index contributed by atoms with van der Waals surface area (Å²) in [5.74, 6) is 0.883. The number of nitrogens with zero attached hydrogens (tertiary/aromatic N) is 2. The van der Waals surface area contributed by atoms with Crippen LogP contribution in [0.15, 0.2) is 6.20 Å². The van der Waals surface area contributed by atoms with Crippen LogP contribution >= 0.6 is 0 Å². The molecule has 0 unspecified atom stereocenters. The number of aryl methyl sites for hydroxylation is 2. The highest BCUT2D eigenvalue weighted by Gasteiger charge is 2.07. The van der Waals surface area contributed by atoms with Crippen LogP contribution in [0.5, 0.6) is 0 Å². The number of unbranched alkanes of at least 4 members (excludes halogenated alkanes) is 1. The fraction of sp³-hybridized carbons (Fsp3) is 0.636. The van der Waals surface area contributed by atoms with E-state index in [0.717, 1.165) is 36.3 Å². The Morgan fingerprint density at radius 2 is 2.21 bits per heavy atom. The molecule has 0 saturated carbocycles. The molecule has 1 aromatic heterocycles. The predicted molar refractivity (Wildman–Crippen MR) is 56.0 cm³/mol. The topological polar surface area (TPSA) is 46.0 Å². The van der Waals surface area contributed by atoms with Crippen molar-refractivity contribution in [1.82, 2.24) is 9.97 Å². The van der Waals surface area contributed by atoms with E-state index >= 15 is 0 Å². The molecule has 0 bridgehead atoms. The van der Waals surface area contributed by atoms with E-state index in [-0.39, 0.29) is 0 Å². The second-order valence-corrected chi connectivity index (χ2v) is 3.61. The minimum Gasteiger partial charge on any atom is -0.389 e. The number of aliphatic hydroxyl groups excluding tert-OH is 1. The highest BCUT2D eigenvalue weighted by Crippen LogP contribution is 2.14. The number of hydrogen-bond donors (Lipinski definition) is 1. The molecular formula is C11H18N2O. The summed E-state index contributed by atoms with van der Waals surface area (Å²) in [6.07, 6.45) is 4.46. The molecule has 0 radical (unpaired) electrons. The Labute approximate surface area is 85.2 Å². The van der Waals surface area contributed by atoms with Gasteiger partial charge in [-0.15, -0.1) is 0 Å². The molecule has 1 heterocycles. The lowest BCUT2D eigenvalue weighted by molar-refractivity contribution is 0.197. The third kappa shape index (κ3) is 2.77. The molecule has 78 valence electrons. The van der Waals surface area contributed by atoms with Crippen molar-refractivity contribution in [3.63, 3.8) is 0 Å². The Morgan fingerprint density at radius 3 is 2.71 bits per heavy atom. The third-order valence-electron chi connectivity index (χ3n) is 2.27. The molecule has 1 atom stereocenters. The third-order valence-corrected chi connectivity index (χ3v) is 2.27. The zero-order chi connectivity index (χ0) is 10.6. The zero-order valence-corrected chi connectivity index (χ0v) is 9.12. The molecule has 3 nitrogen and oxygen atoms in total. The highest BCUT2D eigenvalue weighted by molar-refractivity contribution is 5.18. The average Bonchev–Trinajstić information content (AvgIpc) is 2.14. The minimum atomic E-state index is -0.477. The van der Waals surface area contributed by atoms with E-state index in [1.807, 2.05) is 6.92 Å². The smallest absolute Gasteiger partial charge is 0.128 e. The second kappa shape index (κ2) is 5.05. The van der Waals surface area contributed by atoms with Crippen LogP contribution < -0.4 is 0 Å². The largest absolute Gasteiger partial charge is 0.389 e. The van der Waals surface area contributed by atoms with Crippen molar-refractivity contribution in [2.75, 3.05) is 0 Å². The molecule has 1 N–H and O–H groups in total. The summed E-state index contributed by atoms with van der Waals surface area (Å²) in [6.45, 7) is 5.80. The molecule has 1 aromatic rings. The van der Waals surface area contributed by atoms with E-state index in [0.29, 0.717) is 0 Å². The van der Waals surface area contributed by atoms with Gasteiger partial charge in [0.1, 0.15) is 5.82 Å². The lowest BCUT2D eigenvalue weighted by atomic mass is 10.1. The van der Waals surface area contributed by atoms with Gasteiger partial charge in [0.05, 0.1) is 6.10 Å². The van der Waals surface area contributed by atoms with Gasteiger partial charge in [0.15, 0.2) is 0 Å². The van der Waals surface area contributed by atoms with Crippen LogP contribution in [0.4, 0.5) is 0 Å². The van der Waals surface area contributed by atoms with E-state index in [1.165, 1.54) is 0 Å². The maximum absolute atomic E-state index is 9.39. The Kier molecular flexibility index (Phi) is 4.01. The first-order chi connectivity index (χ1) is 6.65. The molecule has 0 spiro atoms. The van der Waals surface area contributed by atoms with Crippen molar-refractivity contribution in [2.45, 2.75) is 46.1 Å². The highest BCUT2D eigenvalue weighted by atomic mass is 16.3. The normalized spacial score (nSPS) is 12.9. The van der Waals surface area contributed by atoms with Gasteiger partial charge >= 0.3 is 0 Å². The van der Waals surface area contributed by atoms with Crippen LogP contribution in [0.25, 0.3) is 0 Å². The van der Waals surface area contributed by atoms with Crippen LogP contribution in [0, 0.1) is 6.92 Å². The second-order valence-electron chi connectivity index (χ2n) is 3.61. The summed E-state index contributed by atoms with van der Waals surface area (Å²) < 4.78 is 0. The first-order valence-corrected chi connectivity index (χ1v) is 5.15. The van der Waals surface area contributed by atoms with E-state index in [1.54, 1.807) is 13.1 Å². The maximum Gasteiger partial charge on any atom is 0.128 e. The summed E-state index contributed by atoms with van der Waals surface area (Å²) in [4.78, 5) is 8.59. The van der Waals surface area contributed by atoms with Crippen molar-refractivity contribution >= 4 is 0 Å². The van der Waals surface area contributed by atoms with Crippen LogP contribution in [-0.2, 0) is 6.42 Å². The van der Waals surface area contributed by atoms with Crippen molar-refractivity contribution in [3.05, 3.63) is 23.3 Å². The predicted octanol–water partition coefficient (Wildman–Crippen LogP) is 2.18. The molecule has 1 rings (SSSR count). The average molecular weight is 194 g/mol. The van der Waals surface area contributed by atoms with Crippen LogP contribution in [0.3, 0.4) is 0 Å². The van der Waals surface area contributed by atoms with Crippen LogP contribution in [0.2, 0.25) is 0 Å². The van der Waals surface area contributed by atoms with E-state index in [9.17, 15) is 5.11 Å². The van der Waals surface area contributed by atoms with Crippen molar-refractivity contribution in [1.29, 1.82) is 0 Å². The Bertz CT molecular complexity index is 297. The van der Waals surface area contributed by atoms with Gasteiger partial charge in [-0.3, -0.25) is 0 Å². The molecule has 0 aliphatic heterocycles. The van der Waals surface area contributed by atoms with Gasteiger partial charge in [-0.1, -0.05) is 13.3 Å². The molecule has 3 heteroatoms. The number of rotatable bonds is 4. The zero-order valence-electron chi connectivity index (χ0n) is 9.12. The fourth-order valence-electron chi connectivity index (χ4n) is 1.39. The first kappa shape index (κ1) is 11.1. The van der Waals surface area contributed by atoms with Gasteiger partial charge in [0.2, 0.25) is 0 Å². The Hall–Kier alpha value is -0.960. The fourth-order valence-corrected chi connectivity index (χ4v) is 1.39. The molecule has 0 fully saturated rings. The lowest BCUT2D eigenvalue weighted by Crippen LogP contribution is -2.03. The Morgan fingerprint density at radius 1 is 1.50 bits per heavy atom. The molecule has 0 aliphatic carbocycles. The summed E-state index contributed by atoms with van der Waals surface area (Å²) in [6, 6.07) is 0. The summed E-state index contributed by atoms with van der Waals surface area (Å²) in [5.41, 5.74) is 1.71. The number of aliphatic hydroxyl groups is 1. The van der Waals surface area contributed by atoms with Gasteiger partial charge in [-0.2, -0.15) is 0 Å². The van der Waals surface area contributed by atoms with Gasteiger partial charge in [-0.25, -0.2) is 9.97 Å². The summed E-state index contributed by atoms with van der Waals surface area (Å²) in [7, 11) is 0. The first-order valence-electron chi connectivity index (χ1n) is 5.15. The van der Waals surface area contributed by atoms with E-state index in [4.69, 9.17) is 0 Å². The van der Waals surface area contributed by atoms with Crippen molar-refractivity contribution in [2.24, 2.45) is 0 Å². The lowest BCUT2D eigenvalue weighted by Gasteiger charge is -2.08. The minimum absolute atomic E-state index is 0.477. The summed E-state index contributed by atoms with van der Waals surface area (Å²) in [5, 5.41) is 9.39. The van der Waals surface area contributed by atoms with Gasteiger partial charge < -0.3 is 5.11 Å². The SMILES string of the molecule is CCCCc1ncc([C@@H](C)O)c(C)n1. The molecule has 0 aromatic carbocycles.